The van der Waals surface area contributed by atoms with Crippen LogP contribution in [0.3, 0.4) is 0 Å². The number of carbonyl (C=O) groups excluding carboxylic acids is 2. The average Bonchev–Trinajstić information content (AvgIpc) is 2.46. The normalized spacial score (nSPS) is 10.0. The molecule has 0 N–H and O–H groups in total. The Kier molecular flexibility index (Phi) is 20.0. The monoisotopic (exact) mass is 330 g/mol. The molecule has 4 nitrogen and oxygen atoms in total. The van der Waals surface area contributed by atoms with E-state index in [0.29, 0.717) is 25.6 Å². The second-order valence-electron chi connectivity index (χ2n) is 6.20. The highest BCUT2D eigenvalue weighted by Crippen LogP contribution is 2.08. The molecule has 0 saturated heterocycles. The molecule has 0 saturated carbocycles. The lowest BCUT2D eigenvalue weighted by Crippen LogP contribution is -2.03. The topological polar surface area (TPSA) is 52.6 Å². The van der Waals surface area contributed by atoms with E-state index in [1.807, 2.05) is 6.92 Å². The fourth-order valence-corrected chi connectivity index (χ4v) is 1.90. The van der Waals surface area contributed by atoms with E-state index in [1.165, 1.54) is 45.4 Å². The molecule has 0 aliphatic carbocycles. The Morgan fingerprint density at radius 1 is 0.870 bits per heavy atom. The molecule has 0 aromatic carbocycles. The van der Waals surface area contributed by atoms with Crippen molar-refractivity contribution in [3.8, 4) is 0 Å². The third-order valence-corrected chi connectivity index (χ3v) is 3.29. The number of hydrogen-bond acceptors (Lipinski definition) is 4. The van der Waals surface area contributed by atoms with E-state index in [-0.39, 0.29) is 11.9 Å². The molecule has 23 heavy (non-hydrogen) atoms. The zero-order chi connectivity index (χ0) is 17.9. The lowest BCUT2D eigenvalue weighted by atomic mass is 10.1. The summed E-state index contributed by atoms with van der Waals surface area (Å²) in [5.41, 5.74) is 0. The minimum absolute atomic E-state index is 0.0407. The zero-order valence-electron chi connectivity index (χ0n) is 16.0. The Hall–Kier alpha value is -1.06. The maximum Gasteiger partial charge on any atom is 0.305 e. The molecule has 0 heterocycles. The van der Waals surface area contributed by atoms with Crippen LogP contribution >= 0.6 is 0 Å². The first-order chi connectivity index (χ1) is 10.9. The maximum atomic E-state index is 11.0. The summed E-state index contributed by atoms with van der Waals surface area (Å²) in [6, 6.07) is 0. The van der Waals surface area contributed by atoms with Crippen molar-refractivity contribution in [2.24, 2.45) is 5.92 Å². The van der Waals surface area contributed by atoms with Crippen LogP contribution in [0, 0.1) is 5.92 Å². The third-order valence-electron chi connectivity index (χ3n) is 3.29. The Balaban J connectivity index is 0. The number of rotatable bonds is 12. The van der Waals surface area contributed by atoms with E-state index >= 15 is 0 Å². The van der Waals surface area contributed by atoms with Crippen molar-refractivity contribution in [2.75, 3.05) is 13.2 Å². The van der Waals surface area contributed by atoms with Gasteiger partial charge < -0.3 is 9.47 Å². The van der Waals surface area contributed by atoms with Crippen molar-refractivity contribution in [3.63, 3.8) is 0 Å². The van der Waals surface area contributed by atoms with E-state index in [0.717, 1.165) is 12.8 Å². The van der Waals surface area contributed by atoms with Crippen LogP contribution in [0.25, 0.3) is 0 Å². The lowest BCUT2D eigenvalue weighted by Gasteiger charge is -2.02. The van der Waals surface area contributed by atoms with Crippen LogP contribution in [0.4, 0.5) is 0 Å². The van der Waals surface area contributed by atoms with Crippen molar-refractivity contribution < 1.29 is 19.1 Å². The molecule has 0 amide bonds. The Morgan fingerprint density at radius 2 is 1.43 bits per heavy atom. The quantitative estimate of drug-likeness (QED) is 0.360. The zero-order valence-corrected chi connectivity index (χ0v) is 16.0. The van der Waals surface area contributed by atoms with Gasteiger partial charge >= 0.3 is 11.9 Å². The third kappa shape index (κ3) is 26.2. The Morgan fingerprint density at radius 3 is 1.91 bits per heavy atom. The molecule has 0 fully saturated rings. The summed E-state index contributed by atoms with van der Waals surface area (Å²) in [5.74, 6) is 0.390. The van der Waals surface area contributed by atoms with Crippen LogP contribution < -0.4 is 0 Å². The summed E-state index contributed by atoms with van der Waals surface area (Å²) < 4.78 is 9.56. The van der Waals surface area contributed by atoms with Gasteiger partial charge in [-0.3, -0.25) is 9.59 Å². The van der Waals surface area contributed by atoms with Gasteiger partial charge in [0.05, 0.1) is 13.2 Å². The van der Waals surface area contributed by atoms with Gasteiger partial charge in [0, 0.05) is 13.3 Å². The van der Waals surface area contributed by atoms with Gasteiger partial charge in [-0.1, -0.05) is 59.3 Å². The van der Waals surface area contributed by atoms with Crippen molar-refractivity contribution in [1.29, 1.82) is 0 Å². The molecular weight excluding hydrogens is 292 g/mol. The van der Waals surface area contributed by atoms with Crippen LogP contribution in [0.15, 0.2) is 0 Å². The smallest absolute Gasteiger partial charge is 0.305 e. The fourth-order valence-electron chi connectivity index (χ4n) is 1.90. The standard InChI is InChI=1S/C12H24O2.C7H14O2/c1-3-5-6-7-8-9-10-11-12(13)14-4-2;1-6(2)4-5-9-7(3)8/h3-11H2,1-2H3;6H,4-5H2,1-3H3. The molecule has 0 spiro atoms. The number of hydrogen-bond donors (Lipinski definition) is 0. The summed E-state index contributed by atoms with van der Waals surface area (Å²) in [6.45, 7) is 10.8. The minimum atomic E-state index is -0.185. The first kappa shape index (κ1) is 24.2. The molecule has 0 bridgehead atoms. The van der Waals surface area contributed by atoms with Crippen LogP contribution in [0.1, 0.15) is 92.4 Å². The molecule has 0 radical (unpaired) electrons. The predicted molar refractivity (Wildman–Crippen MR) is 95.3 cm³/mol. The van der Waals surface area contributed by atoms with Crippen LogP contribution in [-0.2, 0) is 19.1 Å². The fraction of sp³-hybridized carbons (Fsp3) is 0.895. The van der Waals surface area contributed by atoms with Gasteiger partial charge in [0.25, 0.3) is 0 Å². The van der Waals surface area contributed by atoms with Crippen LogP contribution in [0.5, 0.6) is 0 Å². The summed E-state index contributed by atoms with van der Waals surface area (Å²) in [4.78, 5) is 21.2. The molecule has 0 aliphatic rings. The van der Waals surface area contributed by atoms with Crippen LogP contribution in [-0.4, -0.2) is 25.2 Å². The van der Waals surface area contributed by atoms with Crippen molar-refractivity contribution in [1.82, 2.24) is 0 Å². The van der Waals surface area contributed by atoms with E-state index in [4.69, 9.17) is 9.47 Å². The summed E-state index contributed by atoms with van der Waals surface area (Å²) >= 11 is 0. The second-order valence-corrected chi connectivity index (χ2v) is 6.20. The second kappa shape index (κ2) is 19.0. The van der Waals surface area contributed by atoms with Gasteiger partial charge in [0.1, 0.15) is 0 Å². The van der Waals surface area contributed by atoms with Gasteiger partial charge in [-0.05, 0) is 25.7 Å². The predicted octanol–water partition coefficient (Wildman–Crippen LogP) is 5.29. The highest BCUT2D eigenvalue weighted by atomic mass is 16.5. The van der Waals surface area contributed by atoms with Crippen molar-refractivity contribution in [2.45, 2.75) is 92.4 Å². The Bertz CT molecular complexity index is 275. The first-order valence-electron chi connectivity index (χ1n) is 9.22. The van der Waals surface area contributed by atoms with Gasteiger partial charge in [-0.25, -0.2) is 0 Å². The van der Waals surface area contributed by atoms with E-state index in [2.05, 4.69) is 20.8 Å². The SMILES string of the molecule is CC(=O)OCCC(C)C.CCCCCCCCCC(=O)OCC. The molecule has 0 aromatic rings. The van der Waals surface area contributed by atoms with Gasteiger partial charge in [0.2, 0.25) is 0 Å². The molecular formula is C19H38O4. The van der Waals surface area contributed by atoms with Gasteiger partial charge in [-0.2, -0.15) is 0 Å². The van der Waals surface area contributed by atoms with Crippen molar-refractivity contribution >= 4 is 11.9 Å². The molecule has 0 unspecified atom stereocenters. The Labute approximate surface area is 143 Å². The highest BCUT2D eigenvalue weighted by molar-refractivity contribution is 5.69. The lowest BCUT2D eigenvalue weighted by molar-refractivity contribution is -0.143. The minimum Gasteiger partial charge on any atom is -0.466 e. The number of ether oxygens (including phenoxy) is 2. The first-order valence-corrected chi connectivity index (χ1v) is 9.22. The molecule has 138 valence electrons. The van der Waals surface area contributed by atoms with Gasteiger partial charge in [-0.15, -0.1) is 0 Å². The molecule has 0 rings (SSSR count). The number of esters is 2. The molecule has 0 aliphatic heterocycles. The highest BCUT2D eigenvalue weighted by Gasteiger charge is 2.00. The number of carbonyl (C=O) groups is 2. The van der Waals surface area contributed by atoms with Gasteiger partial charge in [0.15, 0.2) is 0 Å². The summed E-state index contributed by atoms with van der Waals surface area (Å²) in [5, 5.41) is 0. The summed E-state index contributed by atoms with van der Waals surface area (Å²) in [6.07, 6.45) is 10.3. The molecule has 0 atom stereocenters. The molecule has 0 aromatic heterocycles. The van der Waals surface area contributed by atoms with E-state index < -0.39 is 0 Å². The van der Waals surface area contributed by atoms with Crippen molar-refractivity contribution in [3.05, 3.63) is 0 Å². The average molecular weight is 331 g/mol. The summed E-state index contributed by atoms with van der Waals surface area (Å²) in [7, 11) is 0. The molecule has 4 heteroatoms. The largest absolute Gasteiger partial charge is 0.466 e. The van der Waals surface area contributed by atoms with E-state index in [1.54, 1.807) is 0 Å². The maximum absolute atomic E-state index is 11.0. The number of unbranched alkanes of at least 4 members (excludes halogenated alkanes) is 6. The van der Waals surface area contributed by atoms with E-state index in [9.17, 15) is 9.59 Å². The van der Waals surface area contributed by atoms with Crippen LogP contribution in [0.2, 0.25) is 0 Å².